The number of hydrogen-bond acceptors (Lipinski definition) is 7. The molecule has 1 amide bonds. The highest BCUT2D eigenvalue weighted by molar-refractivity contribution is 7.15. The molecule has 0 unspecified atom stereocenters. The molecule has 0 radical (unpaired) electrons. The van der Waals surface area contributed by atoms with Crippen LogP contribution in [-0.2, 0) is 23.9 Å². The first-order chi connectivity index (χ1) is 12.5. The van der Waals surface area contributed by atoms with Crippen LogP contribution in [0.2, 0.25) is 0 Å². The molecule has 2 N–H and O–H groups in total. The number of aryl methyl sites for hydroxylation is 2. The van der Waals surface area contributed by atoms with Crippen LogP contribution >= 0.6 is 11.3 Å². The Bertz CT molecular complexity index is 789. The second kappa shape index (κ2) is 6.71. The molecule has 2 fully saturated rings. The second-order valence-corrected chi connectivity index (χ2v) is 8.32. The predicted molar refractivity (Wildman–Crippen MR) is 97.8 cm³/mol. The van der Waals surface area contributed by atoms with Crippen molar-refractivity contribution in [2.24, 2.45) is 7.05 Å². The molecule has 2 aromatic rings. The standard InChI is InChI=1S/C17H24N6O2S/c1-3-14-20-21-16(26-14)19-13(24)10-23-11-4-5-12(23)9-17(25,8-11)15-18-6-7-22(15)2/h6-7,11-12,25H,3-5,8-10H2,1-2H3,(H,19,21,24)/t11-,12-/m0/s1. The van der Waals surface area contributed by atoms with Crippen LogP contribution in [0, 0.1) is 0 Å². The smallest absolute Gasteiger partial charge is 0.240 e. The van der Waals surface area contributed by atoms with E-state index in [1.807, 2.05) is 24.7 Å². The maximum atomic E-state index is 12.4. The summed E-state index contributed by atoms with van der Waals surface area (Å²) in [4.78, 5) is 19.0. The summed E-state index contributed by atoms with van der Waals surface area (Å²) in [5.74, 6) is 0.655. The number of amides is 1. The Morgan fingerprint density at radius 3 is 2.69 bits per heavy atom. The van der Waals surface area contributed by atoms with E-state index in [9.17, 15) is 9.90 Å². The van der Waals surface area contributed by atoms with Crippen LogP contribution in [0.4, 0.5) is 5.13 Å². The van der Waals surface area contributed by atoms with Crippen LogP contribution in [0.3, 0.4) is 0 Å². The van der Waals surface area contributed by atoms with Crippen molar-refractivity contribution in [3.8, 4) is 0 Å². The van der Waals surface area contributed by atoms with Gasteiger partial charge in [-0.15, -0.1) is 10.2 Å². The molecule has 2 bridgehead atoms. The molecule has 26 heavy (non-hydrogen) atoms. The minimum Gasteiger partial charge on any atom is -0.382 e. The minimum atomic E-state index is -0.910. The van der Waals surface area contributed by atoms with Crippen molar-refractivity contribution < 1.29 is 9.90 Å². The maximum Gasteiger partial charge on any atom is 0.240 e. The van der Waals surface area contributed by atoms with Crippen molar-refractivity contribution in [1.82, 2.24) is 24.6 Å². The van der Waals surface area contributed by atoms with Crippen LogP contribution in [0.25, 0.3) is 0 Å². The molecule has 140 valence electrons. The highest BCUT2D eigenvalue weighted by Crippen LogP contribution is 2.44. The molecule has 2 saturated heterocycles. The lowest BCUT2D eigenvalue weighted by atomic mass is 9.85. The monoisotopic (exact) mass is 376 g/mol. The molecule has 2 atom stereocenters. The number of fused-ring (bicyclic) bond motifs is 2. The maximum absolute atomic E-state index is 12.4. The average Bonchev–Trinajstić information content (AvgIpc) is 3.28. The van der Waals surface area contributed by atoms with Crippen LogP contribution < -0.4 is 5.32 Å². The number of imidazole rings is 1. The fourth-order valence-electron chi connectivity index (χ4n) is 4.34. The number of piperidine rings is 1. The Morgan fingerprint density at radius 1 is 1.38 bits per heavy atom. The number of nitrogens with zero attached hydrogens (tertiary/aromatic N) is 5. The van der Waals surface area contributed by atoms with Gasteiger partial charge in [-0.25, -0.2) is 4.98 Å². The van der Waals surface area contributed by atoms with Gasteiger partial charge in [-0.2, -0.15) is 0 Å². The van der Waals surface area contributed by atoms with Gasteiger partial charge in [0.15, 0.2) is 0 Å². The topological polar surface area (TPSA) is 96.2 Å². The van der Waals surface area contributed by atoms with E-state index in [0.717, 1.165) is 30.1 Å². The first-order valence-electron chi connectivity index (χ1n) is 9.06. The molecule has 0 aliphatic carbocycles. The van der Waals surface area contributed by atoms with Crippen LogP contribution in [0.5, 0.6) is 0 Å². The van der Waals surface area contributed by atoms with Crippen molar-refractivity contribution in [2.45, 2.75) is 56.7 Å². The molecular weight excluding hydrogens is 352 g/mol. The molecule has 0 aromatic carbocycles. The van der Waals surface area contributed by atoms with Crippen LogP contribution in [0.15, 0.2) is 12.4 Å². The van der Waals surface area contributed by atoms with E-state index in [0.29, 0.717) is 24.5 Å². The Morgan fingerprint density at radius 2 is 2.12 bits per heavy atom. The fraction of sp³-hybridized carbons (Fsp3) is 0.647. The number of hydrogen-bond donors (Lipinski definition) is 2. The molecule has 0 saturated carbocycles. The first kappa shape index (κ1) is 17.6. The third-order valence-corrected chi connectivity index (χ3v) is 6.48. The van der Waals surface area contributed by atoms with Gasteiger partial charge in [-0.1, -0.05) is 18.3 Å². The van der Waals surface area contributed by atoms with Crippen molar-refractivity contribution >= 4 is 22.4 Å². The molecular formula is C17H24N6O2S. The fourth-order valence-corrected chi connectivity index (χ4v) is 5.04. The molecule has 8 nitrogen and oxygen atoms in total. The zero-order valence-electron chi connectivity index (χ0n) is 15.1. The summed E-state index contributed by atoms with van der Waals surface area (Å²) < 4.78 is 1.89. The number of aliphatic hydroxyl groups is 1. The summed E-state index contributed by atoms with van der Waals surface area (Å²) in [5, 5.41) is 23.5. The summed E-state index contributed by atoms with van der Waals surface area (Å²) in [7, 11) is 1.91. The highest BCUT2D eigenvalue weighted by atomic mass is 32.1. The van der Waals surface area contributed by atoms with Crippen molar-refractivity contribution in [3.05, 3.63) is 23.2 Å². The van der Waals surface area contributed by atoms with E-state index in [4.69, 9.17) is 0 Å². The lowest BCUT2D eigenvalue weighted by Crippen LogP contribution is -2.52. The van der Waals surface area contributed by atoms with Gasteiger partial charge in [0.2, 0.25) is 11.0 Å². The normalized spacial score (nSPS) is 28.4. The molecule has 9 heteroatoms. The van der Waals surface area contributed by atoms with Crippen molar-refractivity contribution in [3.63, 3.8) is 0 Å². The Kier molecular flexibility index (Phi) is 4.54. The number of carbonyl (C=O) groups is 1. The Hall–Kier alpha value is -1.84. The zero-order chi connectivity index (χ0) is 18.3. The molecule has 4 heterocycles. The van der Waals surface area contributed by atoms with Crippen molar-refractivity contribution in [2.75, 3.05) is 11.9 Å². The Balaban J connectivity index is 1.42. The third-order valence-electron chi connectivity index (χ3n) is 5.50. The summed E-state index contributed by atoms with van der Waals surface area (Å²) in [6, 6.07) is 0.392. The largest absolute Gasteiger partial charge is 0.382 e. The third kappa shape index (κ3) is 3.15. The molecule has 2 aliphatic heterocycles. The SMILES string of the molecule is CCc1nnc(NC(=O)CN2[C@H]3CC[C@H]2CC(O)(c2nccn2C)C3)s1. The van der Waals surface area contributed by atoms with Gasteiger partial charge < -0.3 is 9.67 Å². The van der Waals surface area contributed by atoms with Gasteiger partial charge in [-0.3, -0.25) is 15.0 Å². The number of nitrogens with one attached hydrogen (secondary N) is 1. The van der Waals surface area contributed by atoms with Gasteiger partial charge in [0, 0.05) is 31.5 Å². The van der Waals surface area contributed by atoms with Gasteiger partial charge in [-0.05, 0) is 32.1 Å². The van der Waals surface area contributed by atoms with Crippen molar-refractivity contribution in [1.29, 1.82) is 0 Å². The summed E-state index contributed by atoms with van der Waals surface area (Å²) in [6.07, 6.45) is 7.63. The summed E-state index contributed by atoms with van der Waals surface area (Å²) in [6.45, 7) is 2.34. The highest BCUT2D eigenvalue weighted by Gasteiger charge is 2.50. The van der Waals surface area contributed by atoms with E-state index in [2.05, 4.69) is 25.4 Å². The molecule has 2 aromatic heterocycles. The number of carbonyl (C=O) groups excluding carboxylic acids is 1. The summed E-state index contributed by atoms with van der Waals surface area (Å²) in [5.41, 5.74) is -0.910. The minimum absolute atomic E-state index is 0.0665. The van der Waals surface area contributed by atoms with Crippen LogP contribution in [-0.4, -0.2) is 54.3 Å². The van der Waals surface area contributed by atoms with E-state index in [1.54, 1.807) is 6.20 Å². The first-order valence-corrected chi connectivity index (χ1v) is 9.88. The van der Waals surface area contributed by atoms with E-state index in [1.165, 1.54) is 11.3 Å². The number of anilines is 1. The van der Waals surface area contributed by atoms with Gasteiger partial charge in [0.05, 0.1) is 6.54 Å². The van der Waals surface area contributed by atoms with E-state index < -0.39 is 5.60 Å². The number of rotatable bonds is 5. The lowest BCUT2D eigenvalue weighted by molar-refractivity contribution is -0.121. The van der Waals surface area contributed by atoms with Gasteiger partial charge in [0.1, 0.15) is 16.4 Å². The number of aromatic nitrogens is 4. The zero-order valence-corrected chi connectivity index (χ0v) is 15.9. The van der Waals surface area contributed by atoms with E-state index in [-0.39, 0.29) is 18.0 Å². The second-order valence-electron chi connectivity index (χ2n) is 7.26. The van der Waals surface area contributed by atoms with Crippen LogP contribution in [0.1, 0.15) is 43.4 Å². The Labute approximate surface area is 156 Å². The quantitative estimate of drug-likeness (QED) is 0.816. The average molecular weight is 376 g/mol. The lowest BCUT2D eigenvalue weighted by Gasteiger charge is -2.42. The van der Waals surface area contributed by atoms with Gasteiger partial charge in [0.25, 0.3) is 0 Å². The molecule has 0 spiro atoms. The predicted octanol–water partition coefficient (Wildman–Crippen LogP) is 1.29. The van der Waals surface area contributed by atoms with Gasteiger partial charge >= 0.3 is 0 Å². The molecule has 4 rings (SSSR count). The summed E-state index contributed by atoms with van der Waals surface area (Å²) >= 11 is 1.42. The molecule has 2 aliphatic rings. The van der Waals surface area contributed by atoms with E-state index >= 15 is 0 Å².